The highest BCUT2D eigenvalue weighted by Crippen LogP contribution is 2.34. The van der Waals surface area contributed by atoms with Crippen LogP contribution in [0, 0.1) is 5.92 Å². The van der Waals surface area contributed by atoms with Crippen molar-refractivity contribution in [3.63, 3.8) is 0 Å². The number of aliphatic imine (C=N–C) groups is 1. The summed E-state index contributed by atoms with van der Waals surface area (Å²) in [4.78, 5) is 4.87. The number of nitrogens with zero attached hydrogens (tertiary/aromatic N) is 1. The van der Waals surface area contributed by atoms with Crippen molar-refractivity contribution in [2.45, 2.75) is 58.3 Å². The normalized spacial score (nSPS) is 29.0. The Labute approximate surface area is 120 Å². The minimum absolute atomic E-state index is 0.100. The van der Waals surface area contributed by atoms with Crippen LogP contribution in [0.1, 0.15) is 46.0 Å². The van der Waals surface area contributed by atoms with Gasteiger partial charge in [-0.25, -0.2) is 4.99 Å². The fourth-order valence-electron chi connectivity index (χ4n) is 2.84. The molecule has 108 valence electrons. The number of allylic oxidation sites excluding steroid dienone is 2. The molecule has 0 bridgehead atoms. The standard InChI is InChI=1S/C15H25NO2S/c1-4-17-11(2)18-14-10-9-12-7-5-6-8-13(12)16-15(14)19-3/h8,11-12,14H,4-7,9-10H2,1-3H3. The minimum atomic E-state index is -0.151. The summed E-state index contributed by atoms with van der Waals surface area (Å²) >= 11 is 1.71. The third-order valence-electron chi connectivity index (χ3n) is 3.79. The Hall–Kier alpha value is -0.320. The quantitative estimate of drug-likeness (QED) is 0.731. The molecule has 19 heavy (non-hydrogen) atoms. The van der Waals surface area contributed by atoms with Gasteiger partial charge in [-0.05, 0) is 52.2 Å². The van der Waals surface area contributed by atoms with Gasteiger partial charge in [0.1, 0.15) is 11.1 Å². The summed E-state index contributed by atoms with van der Waals surface area (Å²) < 4.78 is 11.5. The van der Waals surface area contributed by atoms with E-state index in [1.165, 1.54) is 31.4 Å². The first-order valence-electron chi connectivity index (χ1n) is 7.34. The summed E-state index contributed by atoms with van der Waals surface area (Å²) in [6.07, 6.45) is 10.4. The fourth-order valence-corrected chi connectivity index (χ4v) is 3.47. The largest absolute Gasteiger partial charge is 0.353 e. The van der Waals surface area contributed by atoms with Gasteiger partial charge in [-0.15, -0.1) is 11.8 Å². The third-order valence-corrected chi connectivity index (χ3v) is 4.56. The van der Waals surface area contributed by atoms with Gasteiger partial charge in [0.05, 0.1) is 0 Å². The van der Waals surface area contributed by atoms with E-state index in [9.17, 15) is 0 Å². The van der Waals surface area contributed by atoms with Crippen LogP contribution in [0.2, 0.25) is 0 Å². The van der Waals surface area contributed by atoms with Gasteiger partial charge < -0.3 is 9.47 Å². The maximum atomic E-state index is 6.02. The first-order valence-corrected chi connectivity index (χ1v) is 8.56. The first-order chi connectivity index (χ1) is 9.24. The molecule has 4 heteroatoms. The molecule has 3 atom stereocenters. The summed E-state index contributed by atoms with van der Waals surface area (Å²) in [7, 11) is 0. The van der Waals surface area contributed by atoms with E-state index in [1.807, 2.05) is 13.8 Å². The molecule has 0 saturated heterocycles. The Balaban J connectivity index is 2.08. The van der Waals surface area contributed by atoms with Crippen LogP contribution in [-0.4, -0.2) is 30.3 Å². The van der Waals surface area contributed by atoms with Gasteiger partial charge in [-0.2, -0.15) is 0 Å². The Kier molecular flexibility index (Phi) is 5.92. The van der Waals surface area contributed by atoms with Crippen LogP contribution in [-0.2, 0) is 9.47 Å². The Morgan fingerprint density at radius 3 is 3.00 bits per heavy atom. The molecular formula is C15H25NO2S. The van der Waals surface area contributed by atoms with E-state index < -0.39 is 0 Å². The van der Waals surface area contributed by atoms with E-state index in [0.717, 1.165) is 11.5 Å². The highest BCUT2D eigenvalue weighted by Gasteiger charge is 2.28. The molecule has 0 radical (unpaired) electrons. The highest BCUT2D eigenvalue weighted by molar-refractivity contribution is 8.13. The number of ether oxygens (including phenoxy) is 2. The second kappa shape index (κ2) is 7.46. The molecule has 1 heterocycles. The molecule has 3 unspecified atom stereocenters. The van der Waals surface area contributed by atoms with E-state index in [4.69, 9.17) is 14.5 Å². The van der Waals surface area contributed by atoms with E-state index in [0.29, 0.717) is 12.5 Å². The van der Waals surface area contributed by atoms with Gasteiger partial charge in [0.25, 0.3) is 0 Å². The molecular weight excluding hydrogens is 258 g/mol. The van der Waals surface area contributed by atoms with Crippen molar-refractivity contribution in [2.24, 2.45) is 10.9 Å². The van der Waals surface area contributed by atoms with Gasteiger partial charge in [0.2, 0.25) is 0 Å². The van der Waals surface area contributed by atoms with Crippen molar-refractivity contribution < 1.29 is 9.47 Å². The first kappa shape index (κ1) is 15.1. The maximum absolute atomic E-state index is 6.02. The van der Waals surface area contributed by atoms with Crippen LogP contribution in [0.15, 0.2) is 16.8 Å². The number of fused-ring (bicyclic) bond motifs is 1. The molecule has 3 nitrogen and oxygen atoms in total. The molecule has 2 aliphatic rings. The van der Waals surface area contributed by atoms with E-state index in [2.05, 4.69) is 12.3 Å². The van der Waals surface area contributed by atoms with Gasteiger partial charge in [-0.1, -0.05) is 6.08 Å². The van der Waals surface area contributed by atoms with Gasteiger partial charge >= 0.3 is 0 Å². The molecule has 0 aromatic heterocycles. The molecule has 1 aliphatic heterocycles. The van der Waals surface area contributed by atoms with Crippen LogP contribution < -0.4 is 0 Å². The van der Waals surface area contributed by atoms with E-state index in [-0.39, 0.29) is 12.4 Å². The molecule has 0 N–H and O–H groups in total. The lowest BCUT2D eigenvalue weighted by Crippen LogP contribution is -2.27. The Bertz CT molecular complexity index is 354. The lowest BCUT2D eigenvalue weighted by Gasteiger charge is -2.22. The lowest BCUT2D eigenvalue weighted by atomic mass is 9.89. The molecule has 1 aliphatic carbocycles. The summed E-state index contributed by atoms with van der Waals surface area (Å²) in [5, 5.41) is 1.11. The van der Waals surface area contributed by atoms with Crippen LogP contribution in [0.4, 0.5) is 0 Å². The number of hydrogen-bond donors (Lipinski definition) is 0. The molecule has 0 aromatic rings. The molecule has 0 spiro atoms. The summed E-state index contributed by atoms with van der Waals surface area (Å²) in [5.41, 5.74) is 1.30. The molecule has 0 aromatic carbocycles. The van der Waals surface area contributed by atoms with Crippen molar-refractivity contribution in [1.82, 2.24) is 0 Å². The van der Waals surface area contributed by atoms with Crippen LogP contribution in [0.5, 0.6) is 0 Å². The van der Waals surface area contributed by atoms with Gasteiger partial charge in [0.15, 0.2) is 6.29 Å². The third kappa shape index (κ3) is 4.07. The van der Waals surface area contributed by atoms with Gasteiger partial charge in [0, 0.05) is 18.2 Å². The lowest BCUT2D eigenvalue weighted by molar-refractivity contribution is -0.141. The van der Waals surface area contributed by atoms with Crippen molar-refractivity contribution in [3.05, 3.63) is 11.8 Å². The van der Waals surface area contributed by atoms with Crippen LogP contribution in [0.25, 0.3) is 0 Å². The summed E-state index contributed by atoms with van der Waals surface area (Å²) in [6, 6.07) is 0. The summed E-state index contributed by atoms with van der Waals surface area (Å²) in [5.74, 6) is 0.645. The summed E-state index contributed by atoms with van der Waals surface area (Å²) in [6.45, 7) is 4.65. The SMILES string of the molecule is CCOC(C)OC1CCC2CCCC=C2N=C1SC. The van der Waals surface area contributed by atoms with Crippen molar-refractivity contribution in [2.75, 3.05) is 12.9 Å². The molecule has 0 saturated carbocycles. The van der Waals surface area contributed by atoms with Crippen LogP contribution >= 0.6 is 11.8 Å². The molecule has 2 rings (SSSR count). The average molecular weight is 283 g/mol. The van der Waals surface area contributed by atoms with Crippen molar-refractivity contribution in [1.29, 1.82) is 0 Å². The zero-order valence-electron chi connectivity index (χ0n) is 12.2. The fraction of sp³-hybridized carbons (Fsp3) is 0.800. The topological polar surface area (TPSA) is 30.8 Å². The van der Waals surface area contributed by atoms with E-state index >= 15 is 0 Å². The molecule has 0 amide bonds. The number of hydrogen-bond acceptors (Lipinski definition) is 4. The van der Waals surface area contributed by atoms with Crippen molar-refractivity contribution >= 4 is 16.8 Å². The second-order valence-corrected chi connectivity index (χ2v) is 5.96. The zero-order chi connectivity index (χ0) is 13.7. The predicted molar refractivity (Wildman–Crippen MR) is 81.6 cm³/mol. The number of thioether (sulfide) groups is 1. The zero-order valence-corrected chi connectivity index (χ0v) is 13.0. The van der Waals surface area contributed by atoms with Crippen molar-refractivity contribution in [3.8, 4) is 0 Å². The number of rotatable bonds is 4. The van der Waals surface area contributed by atoms with Crippen LogP contribution in [0.3, 0.4) is 0 Å². The monoisotopic (exact) mass is 283 g/mol. The maximum Gasteiger partial charge on any atom is 0.155 e. The second-order valence-electron chi connectivity index (χ2n) is 5.14. The van der Waals surface area contributed by atoms with E-state index in [1.54, 1.807) is 11.8 Å². The highest BCUT2D eigenvalue weighted by atomic mass is 32.2. The average Bonchev–Trinajstić information content (AvgIpc) is 2.59. The van der Waals surface area contributed by atoms with Gasteiger partial charge in [-0.3, -0.25) is 0 Å². The minimum Gasteiger partial charge on any atom is -0.353 e. The molecule has 0 fully saturated rings. The smallest absolute Gasteiger partial charge is 0.155 e. The Morgan fingerprint density at radius 2 is 2.26 bits per heavy atom. The Morgan fingerprint density at radius 1 is 1.42 bits per heavy atom. The predicted octanol–water partition coefficient (Wildman–Crippen LogP) is 3.99.